The molecule has 0 bridgehead atoms. The zero-order valence-corrected chi connectivity index (χ0v) is 15.7. The molecule has 0 radical (unpaired) electrons. The van der Waals surface area contributed by atoms with Crippen LogP contribution >= 0.6 is 0 Å². The molecule has 0 unspecified atom stereocenters. The SMILES string of the molecule is COc1ccccc1Cc1nnc(CCC(=O)NC2CCCCC2)c(=O)[nH]1. The van der Waals surface area contributed by atoms with Gasteiger partial charge in [-0.3, -0.25) is 9.59 Å². The molecule has 1 aliphatic carbocycles. The van der Waals surface area contributed by atoms with Gasteiger partial charge in [0.05, 0.1) is 7.11 Å². The van der Waals surface area contributed by atoms with Crippen molar-refractivity contribution in [3.63, 3.8) is 0 Å². The first-order valence-corrected chi connectivity index (χ1v) is 9.51. The molecule has 0 spiro atoms. The average Bonchev–Trinajstić information content (AvgIpc) is 2.68. The van der Waals surface area contributed by atoms with Gasteiger partial charge in [-0.2, -0.15) is 0 Å². The molecule has 1 aromatic heterocycles. The summed E-state index contributed by atoms with van der Waals surface area (Å²) in [6, 6.07) is 7.85. The minimum atomic E-state index is -0.291. The Labute approximate surface area is 158 Å². The molecular formula is C20H26N4O3. The highest BCUT2D eigenvalue weighted by Gasteiger charge is 2.16. The molecule has 1 aromatic carbocycles. The number of aryl methyl sites for hydroxylation is 1. The quantitative estimate of drug-likeness (QED) is 0.778. The summed E-state index contributed by atoms with van der Waals surface area (Å²) < 4.78 is 5.31. The highest BCUT2D eigenvalue weighted by Crippen LogP contribution is 2.19. The fraction of sp³-hybridized carbons (Fsp3) is 0.500. The van der Waals surface area contributed by atoms with E-state index in [1.165, 1.54) is 19.3 Å². The van der Waals surface area contributed by atoms with Gasteiger partial charge in [-0.05, 0) is 18.9 Å². The molecule has 1 fully saturated rings. The van der Waals surface area contributed by atoms with Crippen molar-refractivity contribution < 1.29 is 9.53 Å². The molecule has 1 saturated carbocycles. The highest BCUT2D eigenvalue weighted by atomic mass is 16.5. The molecule has 3 rings (SSSR count). The standard InChI is InChI=1S/C20H26N4O3/c1-27-17-10-6-5-7-14(17)13-18-22-20(26)16(23-24-18)11-12-19(25)21-15-8-3-2-4-9-15/h5-7,10,15H,2-4,8-9,11-13H2,1H3,(H,21,25)(H,22,24,26). The molecule has 144 valence electrons. The number of carbonyl (C=O) groups is 1. The number of H-pyrrole nitrogens is 1. The Morgan fingerprint density at radius 3 is 2.74 bits per heavy atom. The van der Waals surface area contributed by atoms with Gasteiger partial charge in [0.15, 0.2) is 0 Å². The van der Waals surface area contributed by atoms with Crippen LogP contribution in [0.2, 0.25) is 0 Å². The monoisotopic (exact) mass is 370 g/mol. The van der Waals surface area contributed by atoms with Gasteiger partial charge in [-0.25, -0.2) is 0 Å². The van der Waals surface area contributed by atoms with Crippen LogP contribution in [0.5, 0.6) is 5.75 Å². The number of nitrogens with one attached hydrogen (secondary N) is 2. The number of methoxy groups -OCH3 is 1. The van der Waals surface area contributed by atoms with Crippen LogP contribution < -0.4 is 15.6 Å². The second-order valence-corrected chi connectivity index (χ2v) is 6.94. The van der Waals surface area contributed by atoms with Crippen molar-refractivity contribution in [2.24, 2.45) is 0 Å². The van der Waals surface area contributed by atoms with Gasteiger partial charge in [-0.15, -0.1) is 10.2 Å². The van der Waals surface area contributed by atoms with Gasteiger partial charge in [0.1, 0.15) is 17.3 Å². The molecule has 1 heterocycles. The molecule has 1 amide bonds. The third-order valence-electron chi connectivity index (χ3n) is 4.92. The van der Waals surface area contributed by atoms with Crippen molar-refractivity contribution in [2.75, 3.05) is 7.11 Å². The average molecular weight is 370 g/mol. The van der Waals surface area contributed by atoms with Crippen LogP contribution in [0.3, 0.4) is 0 Å². The summed E-state index contributed by atoms with van der Waals surface area (Å²) in [5, 5.41) is 11.2. The first-order chi connectivity index (χ1) is 13.2. The van der Waals surface area contributed by atoms with Crippen LogP contribution in [-0.4, -0.2) is 34.2 Å². The summed E-state index contributed by atoms with van der Waals surface area (Å²) in [4.78, 5) is 27.1. The lowest BCUT2D eigenvalue weighted by Gasteiger charge is -2.22. The minimum absolute atomic E-state index is 0.0267. The van der Waals surface area contributed by atoms with E-state index in [1.807, 2.05) is 24.3 Å². The molecule has 7 heteroatoms. The van der Waals surface area contributed by atoms with E-state index in [4.69, 9.17) is 4.74 Å². The number of para-hydroxylation sites is 1. The topological polar surface area (TPSA) is 97.0 Å². The third-order valence-corrected chi connectivity index (χ3v) is 4.92. The van der Waals surface area contributed by atoms with Gasteiger partial charge in [-0.1, -0.05) is 37.5 Å². The van der Waals surface area contributed by atoms with Crippen LogP contribution in [0, 0.1) is 0 Å². The molecule has 0 atom stereocenters. The van der Waals surface area contributed by atoms with E-state index < -0.39 is 0 Å². The van der Waals surface area contributed by atoms with Crippen LogP contribution in [0.25, 0.3) is 0 Å². The maximum Gasteiger partial charge on any atom is 0.272 e. The largest absolute Gasteiger partial charge is 0.496 e. The highest BCUT2D eigenvalue weighted by molar-refractivity contribution is 5.76. The van der Waals surface area contributed by atoms with Crippen LogP contribution in [0.4, 0.5) is 0 Å². The van der Waals surface area contributed by atoms with E-state index in [9.17, 15) is 9.59 Å². The number of aromatic amines is 1. The summed E-state index contributed by atoms with van der Waals surface area (Å²) in [7, 11) is 1.61. The van der Waals surface area contributed by atoms with E-state index in [0.29, 0.717) is 12.2 Å². The lowest BCUT2D eigenvalue weighted by molar-refractivity contribution is -0.122. The fourth-order valence-corrected chi connectivity index (χ4v) is 3.45. The summed E-state index contributed by atoms with van der Waals surface area (Å²) in [5.74, 6) is 1.18. The third kappa shape index (κ3) is 5.39. The Hall–Kier alpha value is -2.70. The predicted octanol–water partition coefficient (Wildman–Crippen LogP) is 2.15. The number of hydrogen-bond donors (Lipinski definition) is 2. The number of aromatic nitrogens is 3. The summed E-state index contributed by atoms with van der Waals surface area (Å²) in [5.41, 5.74) is 0.919. The van der Waals surface area contributed by atoms with Gasteiger partial charge in [0.25, 0.3) is 5.56 Å². The van der Waals surface area contributed by atoms with Crippen LogP contribution in [0.1, 0.15) is 55.6 Å². The molecular weight excluding hydrogens is 344 g/mol. The molecule has 27 heavy (non-hydrogen) atoms. The Bertz CT molecular complexity index is 828. The first kappa shape index (κ1) is 19.1. The van der Waals surface area contributed by atoms with Crippen molar-refractivity contribution in [3.05, 3.63) is 51.7 Å². The van der Waals surface area contributed by atoms with E-state index in [2.05, 4.69) is 20.5 Å². The number of hydrogen-bond acceptors (Lipinski definition) is 5. The normalized spacial score (nSPS) is 14.7. The zero-order chi connectivity index (χ0) is 19.1. The van der Waals surface area contributed by atoms with Crippen molar-refractivity contribution in [2.45, 2.75) is 57.4 Å². The number of ether oxygens (including phenoxy) is 1. The van der Waals surface area contributed by atoms with Crippen LogP contribution in [0.15, 0.2) is 29.1 Å². The first-order valence-electron chi connectivity index (χ1n) is 9.51. The van der Waals surface area contributed by atoms with Crippen molar-refractivity contribution in [3.8, 4) is 5.75 Å². The zero-order valence-electron chi connectivity index (χ0n) is 15.7. The van der Waals surface area contributed by atoms with E-state index >= 15 is 0 Å². The molecule has 7 nitrogen and oxygen atoms in total. The van der Waals surface area contributed by atoms with E-state index in [0.717, 1.165) is 24.2 Å². The molecule has 0 aliphatic heterocycles. The Morgan fingerprint density at radius 1 is 1.22 bits per heavy atom. The Balaban J connectivity index is 1.56. The second-order valence-electron chi connectivity index (χ2n) is 6.94. The number of nitrogens with zero attached hydrogens (tertiary/aromatic N) is 2. The number of rotatable bonds is 7. The van der Waals surface area contributed by atoms with E-state index in [-0.39, 0.29) is 36.0 Å². The molecule has 0 saturated heterocycles. The molecule has 2 aromatic rings. The van der Waals surface area contributed by atoms with Gasteiger partial charge >= 0.3 is 0 Å². The maximum atomic E-state index is 12.3. The van der Waals surface area contributed by atoms with Crippen LogP contribution in [-0.2, 0) is 17.6 Å². The fourth-order valence-electron chi connectivity index (χ4n) is 3.45. The maximum absolute atomic E-state index is 12.3. The summed E-state index contributed by atoms with van der Waals surface area (Å²) >= 11 is 0. The smallest absolute Gasteiger partial charge is 0.272 e. The summed E-state index contributed by atoms with van der Waals surface area (Å²) in [6.07, 6.45) is 6.64. The molecule has 1 aliphatic rings. The van der Waals surface area contributed by atoms with Gasteiger partial charge in [0, 0.05) is 30.9 Å². The number of amides is 1. The number of benzene rings is 1. The second kappa shape index (κ2) is 9.30. The lowest BCUT2D eigenvalue weighted by Crippen LogP contribution is -2.36. The van der Waals surface area contributed by atoms with Crippen molar-refractivity contribution >= 4 is 5.91 Å². The minimum Gasteiger partial charge on any atom is -0.496 e. The lowest BCUT2D eigenvalue weighted by atomic mass is 9.95. The predicted molar refractivity (Wildman–Crippen MR) is 102 cm³/mol. The summed E-state index contributed by atoms with van der Waals surface area (Å²) in [6.45, 7) is 0. The van der Waals surface area contributed by atoms with Gasteiger partial charge < -0.3 is 15.0 Å². The Morgan fingerprint density at radius 2 is 2.00 bits per heavy atom. The van der Waals surface area contributed by atoms with E-state index in [1.54, 1.807) is 7.11 Å². The van der Waals surface area contributed by atoms with Gasteiger partial charge in [0.2, 0.25) is 5.91 Å². The van der Waals surface area contributed by atoms with Crippen molar-refractivity contribution in [1.29, 1.82) is 0 Å². The molecule has 2 N–H and O–H groups in total. The van der Waals surface area contributed by atoms with Crippen molar-refractivity contribution in [1.82, 2.24) is 20.5 Å². The number of carbonyl (C=O) groups excluding carboxylic acids is 1. The Kier molecular flexibility index (Phi) is 6.57.